The van der Waals surface area contributed by atoms with Gasteiger partial charge in [0.1, 0.15) is 0 Å². The number of aromatic nitrogens is 1. The molecule has 0 aromatic carbocycles. The standard InChI is InChI=1S/C11H15NO/c1-2-9-5-4-8-12(11(9)13)10-6-3-7-10/h4-5,8,10H,2-3,6-7H2,1H3. The van der Waals surface area contributed by atoms with Gasteiger partial charge in [-0.2, -0.15) is 0 Å². The molecular formula is C11H15NO. The zero-order chi connectivity index (χ0) is 9.26. The zero-order valence-electron chi connectivity index (χ0n) is 7.99. The molecule has 1 aromatic heterocycles. The second-order valence-electron chi connectivity index (χ2n) is 3.68. The van der Waals surface area contributed by atoms with Gasteiger partial charge < -0.3 is 4.57 Å². The van der Waals surface area contributed by atoms with Crippen molar-refractivity contribution >= 4 is 0 Å². The molecule has 2 heteroatoms. The molecule has 0 bridgehead atoms. The van der Waals surface area contributed by atoms with Gasteiger partial charge in [0.05, 0.1) is 0 Å². The molecule has 2 rings (SSSR count). The summed E-state index contributed by atoms with van der Waals surface area (Å²) in [6, 6.07) is 4.40. The van der Waals surface area contributed by atoms with E-state index in [9.17, 15) is 4.79 Å². The summed E-state index contributed by atoms with van der Waals surface area (Å²) in [5.74, 6) is 0. The van der Waals surface area contributed by atoms with Crippen molar-refractivity contribution in [3.8, 4) is 0 Å². The molecule has 1 aliphatic rings. The van der Waals surface area contributed by atoms with Crippen LogP contribution in [0, 0.1) is 0 Å². The van der Waals surface area contributed by atoms with Gasteiger partial charge >= 0.3 is 0 Å². The van der Waals surface area contributed by atoms with Crippen LogP contribution in [0.15, 0.2) is 23.1 Å². The summed E-state index contributed by atoms with van der Waals surface area (Å²) < 4.78 is 1.91. The highest BCUT2D eigenvalue weighted by Crippen LogP contribution is 2.29. The number of nitrogens with zero attached hydrogens (tertiary/aromatic N) is 1. The lowest BCUT2D eigenvalue weighted by molar-refractivity contribution is 0.305. The summed E-state index contributed by atoms with van der Waals surface area (Å²) in [6.45, 7) is 2.03. The molecule has 0 atom stereocenters. The summed E-state index contributed by atoms with van der Waals surface area (Å²) in [6.07, 6.45) is 6.38. The molecule has 0 unspecified atom stereocenters. The van der Waals surface area contributed by atoms with Crippen LogP contribution in [0.2, 0.25) is 0 Å². The van der Waals surface area contributed by atoms with E-state index < -0.39 is 0 Å². The molecule has 0 amide bonds. The lowest BCUT2D eigenvalue weighted by Crippen LogP contribution is -2.30. The molecule has 1 saturated carbocycles. The monoisotopic (exact) mass is 177 g/mol. The Morgan fingerprint density at radius 2 is 2.31 bits per heavy atom. The van der Waals surface area contributed by atoms with Crippen LogP contribution < -0.4 is 5.56 Å². The third kappa shape index (κ3) is 1.41. The topological polar surface area (TPSA) is 22.0 Å². The number of rotatable bonds is 2. The second-order valence-corrected chi connectivity index (χ2v) is 3.68. The third-order valence-corrected chi connectivity index (χ3v) is 2.90. The van der Waals surface area contributed by atoms with Crippen molar-refractivity contribution in [1.82, 2.24) is 4.57 Å². The first kappa shape index (κ1) is 8.54. The molecule has 13 heavy (non-hydrogen) atoms. The van der Waals surface area contributed by atoms with E-state index in [1.54, 1.807) is 0 Å². The van der Waals surface area contributed by atoms with E-state index in [2.05, 4.69) is 0 Å². The predicted molar refractivity (Wildman–Crippen MR) is 53.0 cm³/mol. The van der Waals surface area contributed by atoms with Gasteiger partial charge in [0.2, 0.25) is 0 Å². The molecule has 1 heterocycles. The Hall–Kier alpha value is -1.05. The van der Waals surface area contributed by atoms with Gasteiger partial charge in [-0.3, -0.25) is 4.79 Å². The van der Waals surface area contributed by atoms with Crippen LogP contribution in [0.1, 0.15) is 37.8 Å². The van der Waals surface area contributed by atoms with Gasteiger partial charge in [0.25, 0.3) is 5.56 Å². The summed E-state index contributed by atoms with van der Waals surface area (Å²) >= 11 is 0. The molecule has 0 N–H and O–H groups in total. The van der Waals surface area contributed by atoms with Gasteiger partial charge in [0, 0.05) is 17.8 Å². The van der Waals surface area contributed by atoms with Crippen molar-refractivity contribution in [2.24, 2.45) is 0 Å². The molecule has 1 aliphatic carbocycles. The number of hydrogen-bond acceptors (Lipinski definition) is 1. The van der Waals surface area contributed by atoms with Crippen LogP contribution >= 0.6 is 0 Å². The number of pyridine rings is 1. The van der Waals surface area contributed by atoms with Crippen molar-refractivity contribution in [2.45, 2.75) is 38.6 Å². The van der Waals surface area contributed by atoms with Crippen LogP contribution in [-0.2, 0) is 6.42 Å². The fourth-order valence-electron chi connectivity index (χ4n) is 1.78. The van der Waals surface area contributed by atoms with E-state index in [4.69, 9.17) is 0 Å². The Labute approximate surface area is 78.2 Å². The smallest absolute Gasteiger partial charge is 0.253 e. The molecule has 1 fully saturated rings. The van der Waals surface area contributed by atoms with Crippen molar-refractivity contribution in [3.05, 3.63) is 34.2 Å². The van der Waals surface area contributed by atoms with E-state index in [1.807, 2.05) is 29.8 Å². The third-order valence-electron chi connectivity index (χ3n) is 2.90. The average molecular weight is 177 g/mol. The molecule has 0 spiro atoms. The van der Waals surface area contributed by atoms with E-state index in [0.717, 1.165) is 12.0 Å². The fourth-order valence-corrected chi connectivity index (χ4v) is 1.78. The highest BCUT2D eigenvalue weighted by Gasteiger charge is 2.20. The van der Waals surface area contributed by atoms with Gasteiger partial charge in [-0.15, -0.1) is 0 Å². The summed E-state index contributed by atoms with van der Waals surface area (Å²) in [5.41, 5.74) is 1.16. The maximum absolute atomic E-state index is 11.8. The molecular weight excluding hydrogens is 162 g/mol. The zero-order valence-corrected chi connectivity index (χ0v) is 7.99. The Morgan fingerprint density at radius 3 is 2.85 bits per heavy atom. The number of aryl methyl sites for hydroxylation is 1. The lowest BCUT2D eigenvalue weighted by atomic mass is 9.92. The SMILES string of the molecule is CCc1cccn(C2CCC2)c1=O. The minimum absolute atomic E-state index is 0.217. The minimum atomic E-state index is 0.217. The largest absolute Gasteiger partial charge is 0.312 e. The summed E-state index contributed by atoms with van der Waals surface area (Å²) in [7, 11) is 0. The van der Waals surface area contributed by atoms with Gasteiger partial charge in [0.15, 0.2) is 0 Å². The molecule has 0 radical (unpaired) electrons. The molecule has 0 saturated heterocycles. The highest BCUT2D eigenvalue weighted by atomic mass is 16.1. The molecule has 0 aliphatic heterocycles. The van der Waals surface area contributed by atoms with E-state index >= 15 is 0 Å². The number of hydrogen-bond donors (Lipinski definition) is 0. The molecule has 2 nitrogen and oxygen atoms in total. The lowest BCUT2D eigenvalue weighted by Gasteiger charge is -2.27. The van der Waals surface area contributed by atoms with Crippen LogP contribution in [0.25, 0.3) is 0 Å². The van der Waals surface area contributed by atoms with Crippen molar-refractivity contribution in [1.29, 1.82) is 0 Å². The van der Waals surface area contributed by atoms with Crippen LogP contribution in [0.4, 0.5) is 0 Å². The molecule has 70 valence electrons. The van der Waals surface area contributed by atoms with Crippen LogP contribution in [0.5, 0.6) is 0 Å². The predicted octanol–water partition coefficient (Wildman–Crippen LogP) is 2.14. The summed E-state index contributed by atoms with van der Waals surface area (Å²) in [4.78, 5) is 11.8. The maximum Gasteiger partial charge on any atom is 0.253 e. The Balaban J connectivity index is 2.39. The average Bonchev–Trinajstić information content (AvgIpc) is 2.05. The van der Waals surface area contributed by atoms with Gasteiger partial charge in [-0.1, -0.05) is 13.0 Å². The van der Waals surface area contributed by atoms with Gasteiger partial charge in [-0.25, -0.2) is 0 Å². The molecule has 1 aromatic rings. The van der Waals surface area contributed by atoms with Crippen molar-refractivity contribution in [3.63, 3.8) is 0 Å². The minimum Gasteiger partial charge on any atom is -0.312 e. The Morgan fingerprint density at radius 1 is 1.54 bits per heavy atom. The first-order valence-corrected chi connectivity index (χ1v) is 5.03. The highest BCUT2D eigenvalue weighted by molar-refractivity contribution is 5.11. The van der Waals surface area contributed by atoms with E-state index in [1.165, 1.54) is 19.3 Å². The first-order chi connectivity index (χ1) is 6.33. The maximum atomic E-state index is 11.8. The normalized spacial score (nSPS) is 17.0. The Kier molecular flexibility index (Phi) is 2.21. The van der Waals surface area contributed by atoms with E-state index in [-0.39, 0.29) is 5.56 Å². The Bertz CT molecular complexity index is 349. The van der Waals surface area contributed by atoms with Crippen molar-refractivity contribution in [2.75, 3.05) is 0 Å². The summed E-state index contributed by atoms with van der Waals surface area (Å²) in [5, 5.41) is 0. The quantitative estimate of drug-likeness (QED) is 0.678. The van der Waals surface area contributed by atoms with Crippen LogP contribution in [0.3, 0.4) is 0 Å². The first-order valence-electron chi connectivity index (χ1n) is 5.03. The van der Waals surface area contributed by atoms with Gasteiger partial charge in [-0.05, 0) is 31.7 Å². The van der Waals surface area contributed by atoms with E-state index in [0.29, 0.717) is 6.04 Å². The second kappa shape index (κ2) is 3.36. The van der Waals surface area contributed by atoms with Crippen LogP contribution in [-0.4, -0.2) is 4.57 Å². The fraction of sp³-hybridized carbons (Fsp3) is 0.545. The van der Waals surface area contributed by atoms with Crippen molar-refractivity contribution < 1.29 is 0 Å².